The smallest absolute Gasteiger partial charge is 0.0682 e. The zero-order chi connectivity index (χ0) is 11.4. The number of rotatable bonds is 3. The van der Waals surface area contributed by atoms with Crippen LogP contribution in [0.1, 0.15) is 5.56 Å². The number of aliphatic hydroxyl groups excluding tert-OH is 1. The van der Waals surface area contributed by atoms with Gasteiger partial charge in [-0.25, -0.2) is 0 Å². The Kier molecular flexibility index (Phi) is 3.65. The SMILES string of the molecule is CSc1cccc(-c2cccc(CO)c2)c1. The van der Waals surface area contributed by atoms with Crippen molar-refractivity contribution in [1.29, 1.82) is 0 Å². The maximum Gasteiger partial charge on any atom is 0.0682 e. The zero-order valence-corrected chi connectivity index (χ0v) is 10.00. The molecule has 1 N–H and O–H groups in total. The number of aliphatic hydroxyl groups is 1. The molecule has 0 amide bonds. The Labute approximate surface area is 100 Å². The second kappa shape index (κ2) is 5.19. The van der Waals surface area contributed by atoms with Gasteiger partial charge in [-0.05, 0) is 41.1 Å². The van der Waals surface area contributed by atoms with Crippen molar-refractivity contribution in [2.24, 2.45) is 0 Å². The number of benzene rings is 2. The maximum atomic E-state index is 9.11. The molecule has 0 saturated carbocycles. The molecule has 2 aromatic carbocycles. The molecule has 2 aromatic rings. The highest BCUT2D eigenvalue weighted by Gasteiger charge is 1.99. The van der Waals surface area contributed by atoms with E-state index in [0.29, 0.717) is 0 Å². The van der Waals surface area contributed by atoms with Gasteiger partial charge in [-0.15, -0.1) is 11.8 Å². The van der Waals surface area contributed by atoms with Crippen LogP contribution >= 0.6 is 11.8 Å². The van der Waals surface area contributed by atoms with Crippen molar-refractivity contribution in [2.75, 3.05) is 6.26 Å². The summed E-state index contributed by atoms with van der Waals surface area (Å²) >= 11 is 1.74. The molecule has 0 aliphatic carbocycles. The highest BCUT2D eigenvalue weighted by molar-refractivity contribution is 7.98. The molecule has 0 spiro atoms. The van der Waals surface area contributed by atoms with E-state index < -0.39 is 0 Å². The van der Waals surface area contributed by atoms with Crippen LogP contribution in [0.4, 0.5) is 0 Å². The molecular weight excluding hydrogens is 216 g/mol. The van der Waals surface area contributed by atoms with E-state index in [1.807, 2.05) is 18.2 Å². The van der Waals surface area contributed by atoms with Crippen LogP contribution < -0.4 is 0 Å². The van der Waals surface area contributed by atoms with E-state index in [1.165, 1.54) is 10.5 Å². The van der Waals surface area contributed by atoms with E-state index in [0.717, 1.165) is 11.1 Å². The molecule has 0 aromatic heterocycles. The van der Waals surface area contributed by atoms with Gasteiger partial charge < -0.3 is 5.11 Å². The number of hydrogen-bond donors (Lipinski definition) is 1. The molecule has 0 unspecified atom stereocenters. The van der Waals surface area contributed by atoms with E-state index in [-0.39, 0.29) is 6.61 Å². The summed E-state index contributed by atoms with van der Waals surface area (Å²) in [6.07, 6.45) is 2.07. The average molecular weight is 230 g/mol. The summed E-state index contributed by atoms with van der Waals surface area (Å²) in [5.41, 5.74) is 3.30. The van der Waals surface area contributed by atoms with Gasteiger partial charge in [0.2, 0.25) is 0 Å². The standard InChI is InChI=1S/C14H14OS/c1-16-14-7-3-6-13(9-14)12-5-2-4-11(8-12)10-15/h2-9,15H,10H2,1H3. The predicted molar refractivity (Wildman–Crippen MR) is 69.6 cm³/mol. The molecule has 0 saturated heterocycles. The number of hydrogen-bond acceptors (Lipinski definition) is 2. The normalized spacial score (nSPS) is 10.4. The van der Waals surface area contributed by atoms with Crippen molar-refractivity contribution in [3.63, 3.8) is 0 Å². The van der Waals surface area contributed by atoms with Gasteiger partial charge in [0.05, 0.1) is 6.61 Å². The average Bonchev–Trinajstić information content (AvgIpc) is 2.39. The third kappa shape index (κ3) is 2.46. The topological polar surface area (TPSA) is 20.2 Å². The first-order valence-corrected chi connectivity index (χ1v) is 6.40. The first-order chi connectivity index (χ1) is 7.83. The fraction of sp³-hybridized carbons (Fsp3) is 0.143. The maximum absolute atomic E-state index is 9.11. The molecule has 2 heteroatoms. The van der Waals surface area contributed by atoms with Gasteiger partial charge in [-0.1, -0.05) is 30.3 Å². The lowest BCUT2D eigenvalue weighted by Crippen LogP contribution is -1.84. The van der Waals surface area contributed by atoms with E-state index in [4.69, 9.17) is 5.11 Å². The summed E-state index contributed by atoms with van der Waals surface area (Å²) in [6.45, 7) is 0.0933. The van der Waals surface area contributed by atoms with Crippen LogP contribution in [0.2, 0.25) is 0 Å². The molecule has 0 heterocycles. The van der Waals surface area contributed by atoms with Crippen molar-refractivity contribution in [3.8, 4) is 11.1 Å². The molecule has 0 aliphatic rings. The quantitative estimate of drug-likeness (QED) is 0.813. The van der Waals surface area contributed by atoms with Gasteiger partial charge in [0.1, 0.15) is 0 Å². The summed E-state index contributed by atoms with van der Waals surface area (Å²) in [5.74, 6) is 0. The van der Waals surface area contributed by atoms with E-state index in [1.54, 1.807) is 11.8 Å². The largest absolute Gasteiger partial charge is 0.392 e. The van der Waals surface area contributed by atoms with Crippen molar-refractivity contribution in [1.82, 2.24) is 0 Å². The van der Waals surface area contributed by atoms with Gasteiger partial charge >= 0.3 is 0 Å². The minimum Gasteiger partial charge on any atom is -0.392 e. The molecule has 0 aliphatic heterocycles. The molecule has 0 radical (unpaired) electrons. The van der Waals surface area contributed by atoms with Crippen LogP contribution in [-0.4, -0.2) is 11.4 Å². The minimum atomic E-state index is 0.0933. The van der Waals surface area contributed by atoms with Gasteiger partial charge in [-0.2, -0.15) is 0 Å². The van der Waals surface area contributed by atoms with Crippen molar-refractivity contribution in [2.45, 2.75) is 11.5 Å². The van der Waals surface area contributed by atoms with Crippen molar-refractivity contribution >= 4 is 11.8 Å². The van der Waals surface area contributed by atoms with Crippen molar-refractivity contribution in [3.05, 3.63) is 54.1 Å². The van der Waals surface area contributed by atoms with Gasteiger partial charge in [0, 0.05) is 4.90 Å². The van der Waals surface area contributed by atoms with Crippen LogP contribution in [0.5, 0.6) is 0 Å². The minimum absolute atomic E-state index is 0.0933. The molecule has 0 fully saturated rings. The third-order valence-corrected chi connectivity index (χ3v) is 3.24. The van der Waals surface area contributed by atoms with Gasteiger partial charge in [0.15, 0.2) is 0 Å². The summed E-state index contributed by atoms with van der Waals surface area (Å²) < 4.78 is 0. The Balaban J connectivity index is 2.41. The molecule has 82 valence electrons. The molecule has 0 bridgehead atoms. The van der Waals surface area contributed by atoms with Crippen LogP contribution in [0, 0.1) is 0 Å². The van der Waals surface area contributed by atoms with Gasteiger partial charge in [-0.3, -0.25) is 0 Å². The summed E-state index contributed by atoms with van der Waals surface area (Å²) in [5, 5.41) is 9.11. The summed E-state index contributed by atoms with van der Waals surface area (Å²) in [6, 6.07) is 16.4. The molecule has 2 rings (SSSR count). The predicted octanol–water partition coefficient (Wildman–Crippen LogP) is 3.57. The monoisotopic (exact) mass is 230 g/mol. The first-order valence-electron chi connectivity index (χ1n) is 5.17. The second-order valence-electron chi connectivity index (χ2n) is 3.59. The lowest BCUT2D eigenvalue weighted by atomic mass is 10.0. The second-order valence-corrected chi connectivity index (χ2v) is 4.47. The highest BCUT2D eigenvalue weighted by Crippen LogP contribution is 2.25. The number of thioether (sulfide) groups is 1. The van der Waals surface area contributed by atoms with Crippen LogP contribution in [0.15, 0.2) is 53.4 Å². The Morgan fingerprint density at radius 2 is 1.69 bits per heavy atom. The lowest BCUT2D eigenvalue weighted by molar-refractivity contribution is 0.282. The first kappa shape index (κ1) is 11.2. The third-order valence-electron chi connectivity index (χ3n) is 2.51. The Morgan fingerprint density at radius 3 is 2.38 bits per heavy atom. The van der Waals surface area contributed by atoms with E-state index in [9.17, 15) is 0 Å². The van der Waals surface area contributed by atoms with E-state index >= 15 is 0 Å². The Hall–Kier alpha value is -1.25. The van der Waals surface area contributed by atoms with E-state index in [2.05, 4.69) is 36.6 Å². The zero-order valence-electron chi connectivity index (χ0n) is 9.18. The van der Waals surface area contributed by atoms with Crippen molar-refractivity contribution < 1.29 is 5.11 Å². The fourth-order valence-corrected chi connectivity index (χ4v) is 2.11. The van der Waals surface area contributed by atoms with Gasteiger partial charge in [0.25, 0.3) is 0 Å². The molecule has 1 nitrogen and oxygen atoms in total. The Bertz CT molecular complexity index is 434. The fourth-order valence-electron chi connectivity index (χ4n) is 1.65. The molecule has 0 atom stereocenters. The highest BCUT2D eigenvalue weighted by atomic mass is 32.2. The molecular formula is C14H14OS. The summed E-state index contributed by atoms with van der Waals surface area (Å²) in [4.78, 5) is 1.26. The van der Waals surface area contributed by atoms with Crippen LogP contribution in [0.3, 0.4) is 0 Å². The lowest BCUT2D eigenvalue weighted by Gasteiger charge is -2.05. The summed E-state index contributed by atoms with van der Waals surface area (Å²) in [7, 11) is 0. The van der Waals surface area contributed by atoms with Crippen LogP contribution in [0.25, 0.3) is 11.1 Å². The molecule has 16 heavy (non-hydrogen) atoms. The van der Waals surface area contributed by atoms with Crippen LogP contribution in [-0.2, 0) is 6.61 Å². The Morgan fingerprint density at radius 1 is 1.00 bits per heavy atom.